The second-order valence-corrected chi connectivity index (χ2v) is 5.53. The predicted octanol–water partition coefficient (Wildman–Crippen LogP) is 3.71. The number of hydrogen-bond donors (Lipinski definition) is 2. The highest BCUT2D eigenvalue weighted by Gasteiger charge is 2.04. The quantitative estimate of drug-likeness (QED) is 0.596. The smallest absolute Gasteiger partial charge is 0.244 e. The first kappa shape index (κ1) is 17.8. The van der Waals surface area contributed by atoms with Crippen LogP contribution in [0.15, 0.2) is 41.5 Å². The Morgan fingerprint density at radius 1 is 1.32 bits per heavy atom. The Morgan fingerprint density at radius 2 is 2.05 bits per heavy atom. The number of methoxy groups -OCH3 is 1. The minimum Gasteiger partial charge on any atom is -0.504 e. The third kappa shape index (κ3) is 6.48. The molecule has 0 saturated heterocycles. The van der Waals surface area contributed by atoms with Crippen molar-refractivity contribution < 1.29 is 14.6 Å². The maximum atomic E-state index is 11.9. The molecular formula is C18H25NO3. The van der Waals surface area contributed by atoms with Crippen LogP contribution in [0.3, 0.4) is 0 Å². The summed E-state index contributed by atoms with van der Waals surface area (Å²) in [7, 11) is 1.50. The molecule has 0 spiro atoms. The molecule has 4 heteroatoms. The van der Waals surface area contributed by atoms with Crippen LogP contribution < -0.4 is 10.1 Å². The summed E-state index contributed by atoms with van der Waals surface area (Å²) in [5.74, 6) is 0.384. The topological polar surface area (TPSA) is 58.6 Å². The molecule has 0 radical (unpaired) electrons. The Morgan fingerprint density at radius 3 is 2.68 bits per heavy atom. The number of hydrogen-bond acceptors (Lipinski definition) is 3. The van der Waals surface area contributed by atoms with E-state index < -0.39 is 0 Å². The van der Waals surface area contributed by atoms with Crippen molar-refractivity contribution in [3.05, 3.63) is 47.1 Å². The molecule has 1 aromatic rings. The van der Waals surface area contributed by atoms with Crippen LogP contribution in [0, 0.1) is 0 Å². The number of amides is 1. The summed E-state index contributed by atoms with van der Waals surface area (Å²) in [6.45, 7) is 6.49. The van der Waals surface area contributed by atoms with Crippen molar-refractivity contribution >= 4 is 5.91 Å². The number of rotatable bonds is 7. The van der Waals surface area contributed by atoms with Gasteiger partial charge in [-0.25, -0.2) is 0 Å². The van der Waals surface area contributed by atoms with Crippen molar-refractivity contribution in [2.45, 2.75) is 40.2 Å². The predicted molar refractivity (Wildman–Crippen MR) is 88.9 cm³/mol. The van der Waals surface area contributed by atoms with Gasteiger partial charge in [-0.15, -0.1) is 0 Å². The summed E-state index contributed by atoms with van der Waals surface area (Å²) in [6, 6.07) is 5.02. The first-order valence-corrected chi connectivity index (χ1v) is 7.36. The molecular weight excluding hydrogens is 278 g/mol. The van der Waals surface area contributed by atoms with E-state index in [9.17, 15) is 9.90 Å². The number of phenolic OH excluding ortho intramolecular Hbond substituents is 1. The van der Waals surface area contributed by atoms with Gasteiger partial charge in [0.2, 0.25) is 5.91 Å². The van der Waals surface area contributed by atoms with E-state index in [2.05, 4.69) is 25.2 Å². The first-order valence-electron chi connectivity index (χ1n) is 7.36. The lowest BCUT2D eigenvalue weighted by Gasteiger charge is -2.07. The van der Waals surface area contributed by atoms with E-state index in [4.69, 9.17) is 4.74 Å². The average Bonchev–Trinajstić information content (AvgIpc) is 2.46. The van der Waals surface area contributed by atoms with Gasteiger partial charge in [0.25, 0.3) is 0 Å². The number of allylic oxidation sites excluding steroid dienone is 3. The van der Waals surface area contributed by atoms with Crippen molar-refractivity contribution in [3.63, 3.8) is 0 Å². The lowest BCUT2D eigenvalue weighted by atomic mass is 10.1. The molecule has 0 atom stereocenters. The number of carbonyl (C=O) groups is 1. The minimum atomic E-state index is -0.109. The lowest BCUT2D eigenvalue weighted by Crippen LogP contribution is -2.20. The second kappa shape index (κ2) is 8.93. The van der Waals surface area contributed by atoms with Crippen LogP contribution in [0.5, 0.6) is 11.5 Å². The van der Waals surface area contributed by atoms with Crippen molar-refractivity contribution in [1.82, 2.24) is 5.32 Å². The van der Waals surface area contributed by atoms with E-state index >= 15 is 0 Å². The van der Waals surface area contributed by atoms with E-state index in [1.54, 1.807) is 24.3 Å². The summed E-state index contributed by atoms with van der Waals surface area (Å²) in [5.41, 5.74) is 3.22. The van der Waals surface area contributed by atoms with Crippen LogP contribution in [0.4, 0.5) is 0 Å². The van der Waals surface area contributed by atoms with E-state index in [1.807, 2.05) is 6.92 Å². The van der Waals surface area contributed by atoms with Gasteiger partial charge in [0.15, 0.2) is 11.5 Å². The number of phenols is 1. The molecule has 1 rings (SSSR count). The monoisotopic (exact) mass is 303 g/mol. The molecule has 120 valence electrons. The molecule has 22 heavy (non-hydrogen) atoms. The third-order valence-corrected chi connectivity index (χ3v) is 3.18. The molecule has 4 nitrogen and oxygen atoms in total. The Balaban J connectivity index is 2.50. The fourth-order valence-corrected chi connectivity index (χ4v) is 1.96. The molecule has 1 aromatic carbocycles. The molecule has 0 unspecified atom stereocenters. The van der Waals surface area contributed by atoms with Crippen molar-refractivity contribution in [2.24, 2.45) is 0 Å². The van der Waals surface area contributed by atoms with Crippen LogP contribution in [-0.4, -0.2) is 18.1 Å². The van der Waals surface area contributed by atoms with Crippen molar-refractivity contribution in [1.29, 1.82) is 0 Å². The third-order valence-electron chi connectivity index (χ3n) is 3.18. The zero-order valence-corrected chi connectivity index (χ0v) is 13.8. The van der Waals surface area contributed by atoms with Crippen molar-refractivity contribution in [3.8, 4) is 11.5 Å². The second-order valence-electron chi connectivity index (χ2n) is 5.53. The summed E-state index contributed by atoms with van der Waals surface area (Å²) in [6.07, 6.45) is 5.63. The van der Waals surface area contributed by atoms with Gasteiger partial charge in [0.05, 0.1) is 7.11 Å². The fourth-order valence-electron chi connectivity index (χ4n) is 1.96. The molecule has 0 aliphatic rings. The summed E-state index contributed by atoms with van der Waals surface area (Å²) in [5, 5.41) is 12.4. The molecule has 0 aliphatic carbocycles. The Kier molecular flexibility index (Phi) is 7.23. The number of ether oxygens (including phenoxy) is 1. The van der Waals surface area contributed by atoms with Gasteiger partial charge in [0, 0.05) is 12.6 Å². The van der Waals surface area contributed by atoms with E-state index in [1.165, 1.54) is 12.7 Å². The normalized spacial score (nSPS) is 11.0. The number of nitrogens with one attached hydrogen (secondary N) is 1. The largest absolute Gasteiger partial charge is 0.504 e. The standard InChI is InChI=1S/C18H25NO3/c1-13(2)6-5-7-14(3)10-18(21)19-12-15-8-9-16(20)17(11-15)22-4/h6,8-11,20H,5,7,12H2,1-4H3,(H,19,21)/b14-10+. The zero-order valence-electron chi connectivity index (χ0n) is 13.8. The van der Waals surface area contributed by atoms with Crippen LogP contribution in [0.25, 0.3) is 0 Å². The van der Waals surface area contributed by atoms with Gasteiger partial charge in [-0.2, -0.15) is 0 Å². The van der Waals surface area contributed by atoms with Gasteiger partial charge >= 0.3 is 0 Å². The van der Waals surface area contributed by atoms with Crippen LogP contribution >= 0.6 is 0 Å². The summed E-state index contributed by atoms with van der Waals surface area (Å²) >= 11 is 0. The number of benzene rings is 1. The van der Waals surface area contributed by atoms with Crippen LogP contribution in [-0.2, 0) is 11.3 Å². The van der Waals surface area contributed by atoms with Gasteiger partial charge in [-0.1, -0.05) is 23.3 Å². The van der Waals surface area contributed by atoms with E-state index in [0.29, 0.717) is 12.3 Å². The number of carbonyl (C=O) groups excluding carboxylic acids is 1. The molecule has 0 aliphatic heterocycles. The van der Waals surface area contributed by atoms with Gasteiger partial charge in [0.1, 0.15) is 0 Å². The SMILES string of the molecule is COc1cc(CNC(=O)/C=C(\C)CCC=C(C)C)ccc1O. The molecule has 0 aromatic heterocycles. The maximum absolute atomic E-state index is 11.9. The highest BCUT2D eigenvalue weighted by Crippen LogP contribution is 2.26. The van der Waals surface area contributed by atoms with E-state index in [-0.39, 0.29) is 11.7 Å². The van der Waals surface area contributed by atoms with Gasteiger partial charge in [-0.3, -0.25) is 4.79 Å². The lowest BCUT2D eigenvalue weighted by molar-refractivity contribution is -0.116. The molecule has 0 saturated carbocycles. The highest BCUT2D eigenvalue weighted by atomic mass is 16.5. The van der Waals surface area contributed by atoms with Crippen LogP contribution in [0.1, 0.15) is 39.2 Å². The Bertz CT molecular complexity index is 570. The fraction of sp³-hybridized carbons (Fsp3) is 0.389. The summed E-state index contributed by atoms with van der Waals surface area (Å²) in [4.78, 5) is 11.9. The maximum Gasteiger partial charge on any atom is 0.244 e. The first-order chi connectivity index (χ1) is 10.4. The van der Waals surface area contributed by atoms with Crippen LogP contribution in [0.2, 0.25) is 0 Å². The molecule has 0 fully saturated rings. The highest BCUT2D eigenvalue weighted by molar-refractivity contribution is 5.88. The molecule has 1 amide bonds. The molecule has 0 heterocycles. The Hall–Kier alpha value is -2.23. The zero-order chi connectivity index (χ0) is 16.5. The van der Waals surface area contributed by atoms with Crippen molar-refractivity contribution in [2.75, 3.05) is 7.11 Å². The molecule has 0 bridgehead atoms. The molecule has 2 N–H and O–H groups in total. The van der Waals surface area contributed by atoms with E-state index in [0.717, 1.165) is 24.0 Å². The van der Waals surface area contributed by atoms with Gasteiger partial charge < -0.3 is 15.2 Å². The Labute approximate surface area is 132 Å². The average molecular weight is 303 g/mol. The van der Waals surface area contributed by atoms with Gasteiger partial charge in [-0.05, 0) is 51.3 Å². The minimum absolute atomic E-state index is 0.0904. The summed E-state index contributed by atoms with van der Waals surface area (Å²) < 4.78 is 5.04. The number of aromatic hydroxyl groups is 1.